The second-order valence-corrected chi connectivity index (χ2v) is 4.26. The number of likely N-dealkylation sites (tertiary alicyclic amines) is 1. The maximum absolute atomic E-state index is 12.0. The van der Waals surface area contributed by atoms with Crippen molar-refractivity contribution in [3.8, 4) is 0 Å². The van der Waals surface area contributed by atoms with Gasteiger partial charge in [-0.1, -0.05) is 6.92 Å². The van der Waals surface area contributed by atoms with E-state index in [1.807, 2.05) is 6.92 Å². The van der Waals surface area contributed by atoms with E-state index in [4.69, 9.17) is 5.11 Å². The highest BCUT2D eigenvalue weighted by Gasteiger charge is 2.37. The second-order valence-electron chi connectivity index (χ2n) is 4.26. The lowest BCUT2D eigenvalue weighted by molar-refractivity contribution is -0.142. The van der Waals surface area contributed by atoms with Crippen molar-refractivity contribution in [2.24, 2.45) is 11.8 Å². The van der Waals surface area contributed by atoms with Crippen LogP contribution >= 0.6 is 0 Å². The Morgan fingerprint density at radius 1 is 1.35 bits per heavy atom. The summed E-state index contributed by atoms with van der Waals surface area (Å²) in [5, 5.41) is 8.99. The highest BCUT2D eigenvalue weighted by Crippen LogP contribution is 2.24. The molecule has 6 nitrogen and oxygen atoms in total. The summed E-state index contributed by atoms with van der Waals surface area (Å²) >= 11 is 0. The van der Waals surface area contributed by atoms with Crippen molar-refractivity contribution in [3.05, 3.63) is 24.3 Å². The van der Waals surface area contributed by atoms with E-state index in [2.05, 4.69) is 9.97 Å². The van der Waals surface area contributed by atoms with Gasteiger partial charge in [0.25, 0.3) is 5.91 Å². The standard InChI is InChI=1S/C11H13N3O3/c1-7-4-14(5-9(7)11(16)17)10(15)8-2-12-6-13-3-8/h2-3,6-7,9H,4-5H2,1H3,(H,16,17)/t7-,9-/m1/s1. The summed E-state index contributed by atoms with van der Waals surface area (Å²) in [7, 11) is 0. The Morgan fingerprint density at radius 3 is 2.53 bits per heavy atom. The smallest absolute Gasteiger partial charge is 0.308 e. The van der Waals surface area contributed by atoms with Crippen molar-refractivity contribution < 1.29 is 14.7 Å². The normalized spacial score (nSPS) is 23.7. The third-order valence-corrected chi connectivity index (χ3v) is 3.02. The van der Waals surface area contributed by atoms with Crippen molar-refractivity contribution >= 4 is 11.9 Å². The van der Waals surface area contributed by atoms with Gasteiger partial charge in [-0.25, -0.2) is 9.97 Å². The Bertz CT molecular complexity index is 435. The Hall–Kier alpha value is -1.98. The van der Waals surface area contributed by atoms with Gasteiger partial charge in [0.1, 0.15) is 6.33 Å². The van der Waals surface area contributed by atoms with Crippen LogP contribution in [0.25, 0.3) is 0 Å². The highest BCUT2D eigenvalue weighted by molar-refractivity contribution is 5.94. The summed E-state index contributed by atoms with van der Waals surface area (Å²) < 4.78 is 0. The van der Waals surface area contributed by atoms with E-state index in [9.17, 15) is 9.59 Å². The fourth-order valence-electron chi connectivity index (χ4n) is 2.05. The summed E-state index contributed by atoms with van der Waals surface area (Å²) in [5.74, 6) is -1.57. The van der Waals surface area contributed by atoms with Gasteiger partial charge in [-0.15, -0.1) is 0 Å². The molecule has 2 atom stereocenters. The number of aromatic nitrogens is 2. The minimum atomic E-state index is -0.850. The van der Waals surface area contributed by atoms with Gasteiger partial charge in [0.05, 0.1) is 11.5 Å². The number of carboxylic acids is 1. The van der Waals surface area contributed by atoms with Gasteiger partial charge in [0, 0.05) is 25.5 Å². The molecule has 1 aliphatic heterocycles. The number of carboxylic acid groups (broad SMARTS) is 1. The molecule has 1 saturated heterocycles. The Kier molecular flexibility index (Phi) is 3.03. The molecule has 1 aromatic heterocycles. The third-order valence-electron chi connectivity index (χ3n) is 3.02. The van der Waals surface area contributed by atoms with Crippen molar-refractivity contribution in [2.45, 2.75) is 6.92 Å². The lowest BCUT2D eigenvalue weighted by Crippen LogP contribution is -2.30. The Morgan fingerprint density at radius 2 is 2.00 bits per heavy atom. The average molecular weight is 235 g/mol. The van der Waals surface area contributed by atoms with Gasteiger partial charge in [-0.2, -0.15) is 0 Å². The number of nitrogens with zero attached hydrogens (tertiary/aromatic N) is 3. The fourth-order valence-corrected chi connectivity index (χ4v) is 2.05. The van der Waals surface area contributed by atoms with Crippen molar-refractivity contribution in [1.82, 2.24) is 14.9 Å². The monoisotopic (exact) mass is 235 g/mol. The number of amides is 1. The van der Waals surface area contributed by atoms with Gasteiger partial charge in [0.2, 0.25) is 0 Å². The van der Waals surface area contributed by atoms with Crippen LogP contribution in [0.1, 0.15) is 17.3 Å². The minimum absolute atomic E-state index is 0.0268. The lowest BCUT2D eigenvalue weighted by Gasteiger charge is -2.15. The zero-order valence-corrected chi connectivity index (χ0v) is 9.41. The van der Waals surface area contributed by atoms with Crippen LogP contribution in [-0.2, 0) is 4.79 Å². The van der Waals surface area contributed by atoms with E-state index in [1.165, 1.54) is 18.7 Å². The largest absolute Gasteiger partial charge is 0.481 e. The summed E-state index contributed by atoms with van der Waals surface area (Å²) in [6.45, 7) is 2.56. The molecular formula is C11H13N3O3. The zero-order valence-electron chi connectivity index (χ0n) is 9.41. The molecule has 6 heteroatoms. The number of hydrogen-bond acceptors (Lipinski definition) is 4. The summed E-state index contributed by atoms with van der Waals surface area (Å²) in [6, 6.07) is 0. The first kappa shape index (κ1) is 11.5. The summed E-state index contributed by atoms with van der Waals surface area (Å²) in [4.78, 5) is 32.1. The fraction of sp³-hybridized carbons (Fsp3) is 0.455. The first-order valence-electron chi connectivity index (χ1n) is 5.36. The molecule has 90 valence electrons. The molecule has 1 aliphatic rings. The number of carbonyl (C=O) groups excluding carboxylic acids is 1. The van der Waals surface area contributed by atoms with E-state index in [-0.39, 0.29) is 18.4 Å². The zero-order chi connectivity index (χ0) is 12.4. The van der Waals surface area contributed by atoms with Crippen LogP contribution in [0.5, 0.6) is 0 Å². The van der Waals surface area contributed by atoms with Crippen LogP contribution in [0.15, 0.2) is 18.7 Å². The Labute approximate surface area is 98.3 Å². The maximum Gasteiger partial charge on any atom is 0.308 e. The molecule has 0 bridgehead atoms. The molecule has 1 amide bonds. The maximum atomic E-state index is 12.0. The number of rotatable bonds is 2. The van der Waals surface area contributed by atoms with Crippen molar-refractivity contribution in [3.63, 3.8) is 0 Å². The molecule has 0 unspecified atom stereocenters. The van der Waals surface area contributed by atoms with Crippen molar-refractivity contribution in [1.29, 1.82) is 0 Å². The predicted octanol–water partition coefficient (Wildman–Crippen LogP) is 0.269. The molecule has 1 N–H and O–H groups in total. The van der Waals surface area contributed by atoms with Gasteiger partial charge in [0.15, 0.2) is 0 Å². The van der Waals surface area contributed by atoms with Crippen molar-refractivity contribution in [2.75, 3.05) is 13.1 Å². The van der Waals surface area contributed by atoms with E-state index in [1.54, 1.807) is 4.90 Å². The minimum Gasteiger partial charge on any atom is -0.481 e. The predicted molar refractivity (Wildman–Crippen MR) is 58.2 cm³/mol. The molecule has 1 aromatic rings. The molecule has 1 fully saturated rings. The summed E-state index contributed by atoms with van der Waals surface area (Å²) in [5.41, 5.74) is 0.394. The molecule has 0 spiro atoms. The van der Waals surface area contributed by atoms with Gasteiger partial charge < -0.3 is 10.0 Å². The second kappa shape index (κ2) is 4.48. The van der Waals surface area contributed by atoms with Crippen LogP contribution < -0.4 is 0 Å². The molecule has 0 radical (unpaired) electrons. The molecule has 0 aliphatic carbocycles. The van der Waals surface area contributed by atoms with Gasteiger partial charge >= 0.3 is 5.97 Å². The van der Waals surface area contributed by atoms with Gasteiger partial charge in [-0.3, -0.25) is 9.59 Å². The molecule has 2 heterocycles. The molecule has 0 saturated carbocycles. The molecule has 0 aromatic carbocycles. The first-order chi connectivity index (χ1) is 8.09. The van der Waals surface area contributed by atoms with E-state index < -0.39 is 11.9 Å². The Balaban J connectivity index is 2.11. The van der Waals surface area contributed by atoms with Crippen LogP contribution in [0, 0.1) is 11.8 Å². The number of carbonyl (C=O) groups is 2. The van der Waals surface area contributed by atoms with Crippen LogP contribution in [0.3, 0.4) is 0 Å². The first-order valence-corrected chi connectivity index (χ1v) is 5.36. The quantitative estimate of drug-likeness (QED) is 0.795. The number of aliphatic carboxylic acids is 1. The van der Waals surface area contributed by atoms with Crippen LogP contribution in [0.4, 0.5) is 0 Å². The van der Waals surface area contributed by atoms with E-state index in [0.29, 0.717) is 12.1 Å². The molecule has 17 heavy (non-hydrogen) atoms. The summed E-state index contributed by atoms with van der Waals surface area (Å²) in [6.07, 6.45) is 4.23. The highest BCUT2D eigenvalue weighted by atomic mass is 16.4. The SMILES string of the molecule is C[C@@H]1CN(C(=O)c2cncnc2)C[C@H]1C(=O)O. The van der Waals surface area contributed by atoms with E-state index in [0.717, 1.165) is 0 Å². The van der Waals surface area contributed by atoms with E-state index >= 15 is 0 Å². The third kappa shape index (κ3) is 2.25. The molecule has 2 rings (SSSR count). The lowest BCUT2D eigenvalue weighted by atomic mass is 9.99. The van der Waals surface area contributed by atoms with Crippen LogP contribution in [0.2, 0.25) is 0 Å². The van der Waals surface area contributed by atoms with Gasteiger partial charge in [-0.05, 0) is 5.92 Å². The number of hydrogen-bond donors (Lipinski definition) is 1. The van der Waals surface area contributed by atoms with Crippen LogP contribution in [-0.4, -0.2) is 44.9 Å². The molecular weight excluding hydrogens is 222 g/mol. The average Bonchev–Trinajstić information content (AvgIpc) is 2.71. The topological polar surface area (TPSA) is 83.4 Å².